The first kappa shape index (κ1) is 15.1. The molecule has 0 aromatic heterocycles. The van der Waals surface area contributed by atoms with Crippen LogP contribution >= 0.6 is 11.8 Å². The fourth-order valence-corrected chi connectivity index (χ4v) is 7.84. The summed E-state index contributed by atoms with van der Waals surface area (Å²) >= 11 is 1.75. The Hall–Kier alpha value is -0.740. The third-order valence-corrected chi connectivity index (χ3v) is 8.84. The summed E-state index contributed by atoms with van der Waals surface area (Å²) in [5.41, 5.74) is 1.20. The van der Waals surface area contributed by atoms with Crippen molar-refractivity contribution < 1.29 is 11.6 Å². The number of hydrogen-bond donors (Lipinski definition) is 1. The Balaban J connectivity index is 1.46. The lowest BCUT2D eigenvalue weighted by Gasteiger charge is -2.37. The van der Waals surface area contributed by atoms with E-state index in [4.69, 9.17) is 11.6 Å². The molecule has 2 fully saturated rings. The molecule has 3 unspecified atom stereocenters. The van der Waals surface area contributed by atoms with Crippen LogP contribution < -0.4 is 5.32 Å². The second kappa shape index (κ2) is 7.44. The molecule has 7 atom stereocenters. The van der Waals surface area contributed by atoms with Gasteiger partial charge in [0.25, 0.3) is 0 Å². The normalized spacial score (nSPS) is 45.4. The van der Waals surface area contributed by atoms with Crippen molar-refractivity contribution in [2.75, 3.05) is 6.54 Å². The van der Waals surface area contributed by atoms with E-state index < -0.39 is 18.6 Å². The highest BCUT2D eigenvalue weighted by molar-refractivity contribution is 8.04. The van der Waals surface area contributed by atoms with Crippen LogP contribution in [0.2, 0.25) is 0 Å². The van der Waals surface area contributed by atoms with Crippen molar-refractivity contribution in [3.63, 3.8) is 0 Å². The van der Waals surface area contributed by atoms with Gasteiger partial charge in [-0.05, 0) is 67.1 Å². The number of ether oxygens (including phenoxy) is 1. The molecule has 4 heteroatoms. The maximum atomic E-state index is 8.96. The molecule has 0 spiro atoms. The SMILES string of the molecule is [2H]C([2H])([2H])C1=N[C@H]2OC3=C([C@@H]4NCC=C5S[C@H](C([2H])([2H])C(C)(C)C)[C@H](C)C54)CCCC3C2CC1. The van der Waals surface area contributed by atoms with Crippen LogP contribution in [0, 0.1) is 29.1 Å². The summed E-state index contributed by atoms with van der Waals surface area (Å²) in [6.45, 7) is 6.89. The van der Waals surface area contributed by atoms with Gasteiger partial charge in [-0.15, -0.1) is 11.8 Å². The third kappa shape index (κ3) is 3.63. The van der Waals surface area contributed by atoms with Gasteiger partial charge in [-0.3, -0.25) is 4.99 Å². The van der Waals surface area contributed by atoms with Gasteiger partial charge in [-0.2, -0.15) is 0 Å². The molecule has 0 amide bonds. The van der Waals surface area contributed by atoms with E-state index >= 15 is 0 Å². The number of aliphatic imine (C=N–C) groups is 1. The minimum Gasteiger partial charge on any atom is -0.472 e. The van der Waals surface area contributed by atoms with Crippen molar-refractivity contribution in [2.24, 2.45) is 34.1 Å². The van der Waals surface area contributed by atoms with E-state index in [1.807, 2.05) is 20.8 Å². The molecular formula is C25H38N2OS. The van der Waals surface area contributed by atoms with Gasteiger partial charge in [0.05, 0.1) is 0 Å². The fourth-order valence-electron chi connectivity index (χ4n) is 6.06. The Morgan fingerprint density at radius 3 is 3.00 bits per heavy atom. The maximum Gasteiger partial charge on any atom is 0.192 e. The predicted octanol–water partition coefficient (Wildman–Crippen LogP) is 5.93. The highest BCUT2D eigenvalue weighted by atomic mass is 32.2. The van der Waals surface area contributed by atoms with Gasteiger partial charge < -0.3 is 10.1 Å². The van der Waals surface area contributed by atoms with Gasteiger partial charge >= 0.3 is 0 Å². The molecule has 4 heterocycles. The molecule has 5 rings (SSSR count). The topological polar surface area (TPSA) is 33.6 Å². The van der Waals surface area contributed by atoms with E-state index in [0.717, 1.165) is 38.0 Å². The quantitative estimate of drug-likeness (QED) is 0.602. The Morgan fingerprint density at radius 2 is 2.21 bits per heavy atom. The fraction of sp³-hybridized carbons (Fsp3) is 0.800. The van der Waals surface area contributed by atoms with Crippen LogP contribution in [0.4, 0.5) is 0 Å². The average Bonchev–Trinajstić information content (AvgIpc) is 3.30. The summed E-state index contributed by atoms with van der Waals surface area (Å²) in [6.07, 6.45) is 5.15. The number of allylic oxidation sites excluding steroid dienone is 1. The van der Waals surface area contributed by atoms with E-state index in [9.17, 15) is 0 Å². The molecular weight excluding hydrogens is 376 g/mol. The number of fused-ring (bicyclic) bond motifs is 4. The third-order valence-electron chi connectivity index (χ3n) is 7.33. The molecule has 3 nitrogen and oxygen atoms in total. The van der Waals surface area contributed by atoms with Crippen molar-refractivity contribution in [3.8, 4) is 0 Å². The molecule has 1 N–H and O–H groups in total. The Kier molecular flexibility index (Phi) is 3.88. The second-order valence-electron chi connectivity index (χ2n) is 10.5. The van der Waals surface area contributed by atoms with Crippen molar-refractivity contribution in [2.45, 2.75) is 90.5 Å². The highest BCUT2D eigenvalue weighted by Crippen LogP contribution is 2.55. The molecule has 0 saturated carbocycles. The first-order chi connectivity index (χ1) is 15.8. The maximum absolute atomic E-state index is 8.96. The van der Waals surface area contributed by atoms with Crippen molar-refractivity contribution in [3.05, 3.63) is 22.3 Å². The zero-order chi connectivity index (χ0) is 24.6. The molecule has 4 aliphatic heterocycles. The summed E-state index contributed by atoms with van der Waals surface area (Å²) in [7, 11) is 0. The van der Waals surface area contributed by atoms with Crippen molar-refractivity contribution in [1.82, 2.24) is 5.32 Å². The summed E-state index contributed by atoms with van der Waals surface area (Å²) in [5, 5.41) is 3.66. The zero-order valence-corrected chi connectivity index (χ0v) is 18.9. The summed E-state index contributed by atoms with van der Waals surface area (Å²) < 4.78 is 47.8. The number of nitrogens with one attached hydrogen (secondary N) is 1. The summed E-state index contributed by atoms with van der Waals surface area (Å²) in [5.74, 6) is 2.10. The van der Waals surface area contributed by atoms with Gasteiger partial charge in [0.15, 0.2) is 6.23 Å². The molecule has 5 aliphatic rings. The molecule has 2 saturated heterocycles. The highest BCUT2D eigenvalue weighted by Gasteiger charge is 2.50. The van der Waals surface area contributed by atoms with Crippen LogP contribution in [-0.4, -0.2) is 29.8 Å². The minimum absolute atomic E-state index is 0.0883. The van der Waals surface area contributed by atoms with E-state index in [-0.39, 0.29) is 35.3 Å². The number of thioether (sulfide) groups is 1. The van der Waals surface area contributed by atoms with Crippen molar-refractivity contribution >= 4 is 17.5 Å². The molecule has 0 aromatic carbocycles. The van der Waals surface area contributed by atoms with E-state index in [0.29, 0.717) is 18.1 Å². The summed E-state index contributed by atoms with van der Waals surface area (Å²) in [4.78, 5) is 5.91. The lowest BCUT2D eigenvalue weighted by Crippen LogP contribution is -2.45. The number of rotatable bonds is 2. The number of hydrogen-bond acceptors (Lipinski definition) is 4. The van der Waals surface area contributed by atoms with Gasteiger partial charge in [0.2, 0.25) is 0 Å². The number of nitrogens with zero attached hydrogens (tertiary/aromatic N) is 1. The molecule has 1 aliphatic carbocycles. The largest absolute Gasteiger partial charge is 0.472 e. The van der Waals surface area contributed by atoms with E-state index in [2.05, 4.69) is 23.3 Å². The van der Waals surface area contributed by atoms with E-state index in [1.54, 1.807) is 11.8 Å². The summed E-state index contributed by atoms with van der Waals surface area (Å²) in [6, 6.07) is 0.146. The smallest absolute Gasteiger partial charge is 0.192 e. The molecule has 160 valence electrons. The molecule has 0 bridgehead atoms. The average molecular weight is 420 g/mol. The molecule has 0 radical (unpaired) electrons. The van der Waals surface area contributed by atoms with Crippen molar-refractivity contribution in [1.29, 1.82) is 0 Å². The Bertz CT molecular complexity index is 935. The monoisotopic (exact) mass is 419 g/mol. The Labute approximate surface area is 188 Å². The van der Waals surface area contributed by atoms with Gasteiger partial charge in [-0.1, -0.05) is 33.8 Å². The van der Waals surface area contributed by atoms with Crippen LogP contribution in [0.5, 0.6) is 0 Å². The molecule has 0 aromatic rings. The minimum atomic E-state index is -2.14. The van der Waals surface area contributed by atoms with Crippen LogP contribution in [0.3, 0.4) is 0 Å². The first-order valence-electron chi connectivity index (χ1n) is 13.9. The Morgan fingerprint density at radius 1 is 1.34 bits per heavy atom. The van der Waals surface area contributed by atoms with E-state index in [1.165, 1.54) is 10.5 Å². The lowest BCUT2D eigenvalue weighted by atomic mass is 9.72. The molecule has 29 heavy (non-hydrogen) atoms. The van der Waals surface area contributed by atoms with Crippen LogP contribution in [0.15, 0.2) is 27.3 Å². The van der Waals surface area contributed by atoms with Crippen LogP contribution in [-0.2, 0) is 4.74 Å². The second-order valence-corrected chi connectivity index (χ2v) is 11.7. The van der Waals surface area contributed by atoms with Crippen LogP contribution in [0.25, 0.3) is 0 Å². The van der Waals surface area contributed by atoms with Gasteiger partial charge in [0, 0.05) is 48.2 Å². The zero-order valence-electron chi connectivity index (χ0n) is 23.1. The van der Waals surface area contributed by atoms with Gasteiger partial charge in [-0.25, -0.2) is 0 Å². The predicted molar refractivity (Wildman–Crippen MR) is 123 cm³/mol. The van der Waals surface area contributed by atoms with Gasteiger partial charge in [0.1, 0.15) is 5.76 Å². The standard InChI is InChI=1S/C25H38N2OS/c1-14-9-10-17-16-7-6-8-18(23(16)28-24(17)27-14)22-21-15(2)20(13-25(3,4)5)29-19(21)11-12-26-22/h11,15-17,20-22,24,26H,6-10,12-13H2,1-5H3/t15-,16?,17?,20+,21?,22-,24-/m0/s1/i1D3,13D2. The first-order valence-corrected chi connectivity index (χ1v) is 12.3. The lowest BCUT2D eigenvalue weighted by molar-refractivity contribution is 0.127. The van der Waals surface area contributed by atoms with Crippen LogP contribution in [0.1, 0.15) is 79.9 Å².